The molecule has 2 aromatic rings. The maximum absolute atomic E-state index is 5.92. The Balaban J connectivity index is 1.98. The Morgan fingerprint density at radius 2 is 2.32 bits per heavy atom. The van der Waals surface area contributed by atoms with E-state index >= 15 is 0 Å². The smallest absolute Gasteiger partial charge is 0.210 e. The molecule has 6 nitrogen and oxygen atoms in total. The Bertz CT molecular complexity index is 548. The van der Waals surface area contributed by atoms with E-state index in [0.717, 1.165) is 5.56 Å². The third-order valence-electron chi connectivity index (χ3n) is 2.42. The monoisotopic (exact) mass is 299 g/mol. The molecule has 19 heavy (non-hydrogen) atoms. The molecule has 0 aliphatic heterocycles. The first-order valence-corrected chi connectivity index (χ1v) is 6.98. The maximum Gasteiger partial charge on any atom is 0.210 e. The van der Waals surface area contributed by atoms with Gasteiger partial charge in [0, 0.05) is 25.5 Å². The zero-order valence-electron chi connectivity index (χ0n) is 10.4. The van der Waals surface area contributed by atoms with Gasteiger partial charge in [-0.25, -0.2) is 9.66 Å². The largest absolute Gasteiger partial charge is 0.384 e. The molecule has 0 amide bonds. The molecule has 2 heterocycles. The number of halogens is 1. The van der Waals surface area contributed by atoms with Crippen molar-refractivity contribution in [2.24, 2.45) is 0 Å². The van der Waals surface area contributed by atoms with Gasteiger partial charge in [0.2, 0.25) is 5.16 Å². The Morgan fingerprint density at radius 1 is 1.47 bits per heavy atom. The molecule has 0 aromatic carbocycles. The fraction of sp³-hybridized carbons (Fsp3) is 0.364. The average Bonchev–Trinajstić information content (AvgIpc) is 2.75. The molecule has 2 N–H and O–H groups in total. The van der Waals surface area contributed by atoms with E-state index in [0.29, 0.717) is 34.9 Å². The summed E-state index contributed by atoms with van der Waals surface area (Å²) >= 11 is 7.33. The topological polar surface area (TPSA) is 78.9 Å². The van der Waals surface area contributed by atoms with Gasteiger partial charge in [-0.05, 0) is 17.7 Å². The number of nitrogens with zero attached hydrogens (tertiary/aromatic N) is 4. The summed E-state index contributed by atoms with van der Waals surface area (Å²) in [5, 5.41) is 9.23. The van der Waals surface area contributed by atoms with E-state index in [-0.39, 0.29) is 0 Å². The summed E-state index contributed by atoms with van der Waals surface area (Å²) in [5.41, 5.74) is 1.06. The van der Waals surface area contributed by atoms with Crippen LogP contribution in [0, 0.1) is 0 Å². The summed E-state index contributed by atoms with van der Waals surface area (Å²) in [7, 11) is 1.64. The highest BCUT2D eigenvalue weighted by Gasteiger charge is 2.10. The summed E-state index contributed by atoms with van der Waals surface area (Å²) in [4.78, 5) is 3.93. The number of methoxy groups -OCH3 is 1. The lowest BCUT2D eigenvalue weighted by molar-refractivity contribution is 0.200. The molecular formula is C11H14ClN5OS. The van der Waals surface area contributed by atoms with Gasteiger partial charge in [0.1, 0.15) is 5.15 Å². The highest BCUT2D eigenvalue weighted by Crippen LogP contribution is 2.21. The molecule has 0 fully saturated rings. The van der Waals surface area contributed by atoms with Crippen molar-refractivity contribution in [2.75, 3.05) is 19.6 Å². The Kier molecular flexibility index (Phi) is 5.00. The Labute approximate surface area is 120 Å². The van der Waals surface area contributed by atoms with Crippen molar-refractivity contribution in [1.29, 1.82) is 0 Å². The maximum atomic E-state index is 5.92. The highest BCUT2D eigenvalue weighted by atomic mass is 35.5. The SMILES string of the molecule is COCCc1nnc(SCc2ccnc(Cl)c2)n1N. The van der Waals surface area contributed by atoms with E-state index in [1.807, 2.05) is 12.1 Å². The zero-order chi connectivity index (χ0) is 13.7. The summed E-state index contributed by atoms with van der Waals surface area (Å²) < 4.78 is 6.48. The van der Waals surface area contributed by atoms with Crippen LogP contribution in [-0.4, -0.2) is 33.6 Å². The van der Waals surface area contributed by atoms with Gasteiger partial charge in [-0.2, -0.15) is 0 Å². The van der Waals surface area contributed by atoms with Crippen molar-refractivity contribution >= 4 is 23.4 Å². The molecule has 0 radical (unpaired) electrons. The third-order valence-corrected chi connectivity index (χ3v) is 3.64. The quantitative estimate of drug-likeness (QED) is 0.495. The molecule has 0 atom stereocenters. The lowest BCUT2D eigenvalue weighted by Crippen LogP contribution is -2.15. The molecular weight excluding hydrogens is 286 g/mol. The van der Waals surface area contributed by atoms with E-state index in [1.165, 1.54) is 16.4 Å². The molecule has 0 saturated carbocycles. The molecule has 2 aromatic heterocycles. The van der Waals surface area contributed by atoms with Crippen LogP contribution in [0.4, 0.5) is 0 Å². The molecule has 0 saturated heterocycles. The normalized spacial score (nSPS) is 10.8. The number of ether oxygens (including phenoxy) is 1. The van der Waals surface area contributed by atoms with Gasteiger partial charge in [-0.15, -0.1) is 10.2 Å². The molecule has 2 rings (SSSR count). The molecule has 0 unspecified atom stereocenters. The van der Waals surface area contributed by atoms with Crippen LogP contribution in [-0.2, 0) is 16.9 Å². The fourth-order valence-corrected chi connectivity index (χ4v) is 2.46. The van der Waals surface area contributed by atoms with Crippen molar-refractivity contribution in [1.82, 2.24) is 19.9 Å². The number of rotatable bonds is 6. The van der Waals surface area contributed by atoms with Gasteiger partial charge in [0.25, 0.3) is 0 Å². The second kappa shape index (κ2) is 6.74. The van der Waals surface area contributed by atoms with Crippen molar-refractivity contribution in [3.05, 3.63) is 34.9 Å². The first-order chi connectivity index (χ1) is 9.20. The van der Waals surface area contributed by atoms with Gasteiger partial charge in [0.15, 0.2) is 5.82 Å². The van der Waals surface area contributed by atoms with Crippen LogP contribution in [0.25, 0.3) is 0 Å². The lowest BCUT2D eigenvalue weighted by Gasteiger charge is -2.03. The molecule has 0 spiro atoms. The van der Waals surface area contributed by atoms with Crippen molar-refractivity contribution in [3.8, 4) is 0 Å². The van der Waals surface area contributed by atoms with Crippen molar-refractivity contribution in [2.45, 2.75) is 17.3 Å². The van der Waals surface area contributed by atoms with E-state index in [9.17, 15) is 0 Å². The van der Waals surface area contributed by atoms with E-state index in [2.05, 4.69) is 15.2 Å². The van der Waals surface area contributed by atoms with Crippen LogP contribution in [0.5, 0.6) is 0 Å². The first-order valence-electron chi connectivity index (χ1n) is 5.62. The predicted octanol–water partition coefficient (Wildman–Crippen LogP) is 1.52. The van der Waals surface area contributed by atoms with Crippen LogP contribution < -0.4 is 5.84 Å². The van der Waals surface area contributed by atoms with E-state index < -0.39 is 0 Å². The number of hydrogen-bond acceptors (Lipinski definition) is 6. The molecule has 0 bridgehead atoms. The minimum Gasteiger partial charge on any atom is -0.384 e. The standard InChI is InChI=1S/C11H14ClN5OS/c1-18-5-3-10-15-16-11(17(10)13)19-7-8-2-4-14-9(12)6-8/h2,4,6H,3,5,7,13H2,1H3. The van der Waals surface area contributed by atoms with Crippen LogP contribution >= 0.6 is 23.4 Å². The average molecular weight is 300 g/mol. The summed E-state index contributed by atoms with van der Waals surface area (Å²) in [6.45, 7) is 0.569. The fourth-order valence-electron chi connectivity index (χ4n) is 1.45. The number of aromatic nitrogens is 4. The van der Waals surface area contributed by atoms with Gasteiger partial charge in [-0.3, -0.25) is 0 Å². The molecule has 0 aliphatic rings. The second-order valence-electron chi connectivity index (χ2n) is 3.79. The van der Waals surface area contributed by atoms with Crippen LogP contribution in [0.1, 0.15) is 11.4 Å². The van der Waals surface area contributed by atoms with E-state index in [1.54, 1.807) is 13.3 Å². The summed E-state index contributed by atoms with van der Waals surface area (Å²) in [6.07, 6.45) is 2.32. The minimum atomic E-state index is 0.480. The lowest BCUT2D eigenvalue weighted by atomic mass is 10.3. The van der Waals surface area contributed by atoms with Crippen molar-refractivity contribution in [3.63, 3.8) is 0 Å². The second-order valence-corrected chi connectivity index (χ2v) is 5.12. The predicted molar refractivity (Wildman–Crippen MR) is 74.6 cm³/mol. The van der Waals surface area contributed by atoms with Crippen molar-refractivity contribution < 1.29 is 4.74 Å². The number of pyridine rings is 1. The Morgan fingerprint density at radius 3 is 3.05 bits per heavy atom. The molecule has 102 valence electrons. The minimum absolute atomic E-state index is 0.480. The zero-order valence-corrected chi connectivity index (χ0v) is 12.0. The van der Waals surface area contributed by atoms with E-state index in [4.69, 9.17) is 22.2 Å². The van der Waals surface area contributed by atoms with Crippen LogP contribution in [0.3, 0.4) is 0 Å². The third kappa shape index (κ3) is 3.82. The van der Waals surface area contributed by atoms with Crippen LogP contribution in [0.15, 0.2) is 23.5 Å². The highest BCUT2D eigenvalue weighted by molar-refractivity contribution is 7.98. The van der Waals surface area contributed by atoms with Crippen LogP contribution in [0.2, 0.25) is 5.15 Å². The molecule has 8 heteroatoms. The first kappa shape index (κ1) is 14.1. The van der Waals surface area contributed by atoms with Gasteiger partial charge in [0.05, 0.1) is 6.61 Å². The van der Waals surface area contributed by atoms with Gasteiger partial charge < -0.3 is 10.6 Å². The molecule has 0 aliphatic carbocycles. The van der Waals surface area contributed by atoms with Gasteiger partial charge >= 0.3 is 0 Å². The number of thioether (sulfide) groups is 1. The van der Waals surface area contributed by atoms with Gasteiger partial charge in [-0.1, -0.05) is 23.4 Å². The summed E-state index contributed by atoms with van der Waals surface area (Å²) in [5.74, 6) is 7.33. The number of nitrogens with two attached hydrogens (primary N) is 1. The Hall–Kier alpha value is -1.31. The number of hydrogen-bond donors (Lipinski definition) is 1. The summed E-state index contributed by atoms with van der Waals surface area (Å²) in [6, 6.07) is 3.72. The number of nitrogen functional groups attached to an aromatic ring is 1.